The fourth-order valence-corrected chi connectivity index (χ4v) is 5.65. The third-order valence-corrected chi connectivity index (χ3v) is 8.38. The lowest BCUT2D eigenvalue weighted by Gasteiger charge is -2.32. The molecule has 0 unspecified atom stereocenters. The van der Waals surface area contributed by atoms with E-state index in [9.17, 15) is 18.0 Å². The zero-order valence-corrected chi connectivity index (χ0v) is 24.8. The molecule has 3 rings (SSSR count). The van der Waals surface area contributed by atoms with Gasteiger partial charge in [-0.2, -0.15) is 0 Å². The molecule has 0 aromatic heterocycles. The predicted octanol–water partition coefficient (Wildman–Crippen LogP) is 4.78. The Balaban J connectivity index is 1.96. The normalized spacial score (nSPS) is 12.1. The van der Waals surface area contributed by atoms with E-state index in [1.54, 1.807) is 25.1 Å². The van der Waals surface area contributed by atoms with Gasteiger partial charge in [0.2, 0.25) is 11.8 Å². The van der Waals surface area contributed by atoms with Gasteiger partial charge in [-0.1, -0.05) is 61.8 Å². The Labute approximate surface area is 241 Å². The summed E-state index contributed by atoms with van der Waals surface area (Å²) in [6.07, 6.45) is 0.497. The van der Waals surface area contributed by atoms with Gasteiger partial charge in [-0.25, -0.2) is 8.42 Å². The molecule has 0 saturated heterocycles. The molecule has 0 saturated carbocycles. The number of rotatable bonds is 13. The number of nitrogens with zero attached hydrogens (tertiary/aromatic N) is 2. The molecule has 0 aliphatic heterocycles. The SMILES string of the molecule is COc1ccc(S(=O)(=O)N(CC(=O)N(CCc2ccccc2)[C@H](C)C(=O)NCC(C)C)c2cccc(Cl)c2)cc1. The van der Waals surface area contributed by atoms with Gasteiger partial charge in [0.05, 0.1) is 17.7 Å². The van der Waals surface area contributed by atoms with Crippen molar-refractivity contribution in [1.82, 2.24) is 10.2 Å². The Morgan fingerprint density at radius 2 is 1.62 bits per heavy atom. The lowest BCUT2D eigenvalue weighted by molar-refractivity contribution is -0.138. The maximum Gasteiger partial charge on any atom is 0.264 e. The van der Waals surface area contributed by atoms with Gasteiger partial charge in [0.25, 0.3) is 10.0 Å². The van der Waals surface area contributed by atoms with Crippen molar-refractivity contribution < 1.29 is 22.7 Å². The number of amides is 2. The summed E-state index contributed by atoms with van der Waals surface area (Å²) >= 11 is 6.21. The number of benzene rings is 3. The van der Waals surface area contributed by atoms with E-state index in [2.05, 4.69) is 5.32 Å². The summed E-state index contributed by atoms with van der Waals surface area (Å²) in [4.78, 5) is 28.3. The van der Waals surface area contributed by atoms with E-state index in [4.69, 9.17) is 16.3 Å². The van der Waals surface area contributed by atoms with E-state index in [0.29, 0.717) is 23.7 Å². The van der Waals surface area contributed by atoms with E-state index in [1.807, 2.05) is 44.2 Å². The maximum atomic E-state index is 13.9. The van der Waals surface area contributed by atoms with Gasteiger partial charge in [-0.15, -0.1) is 0 Å². The number of halogens is 1. The van der Waals surface area contributed by atoms with Gasteiger partial charge in [0.1, 0.15) is 18.3 Å². The molecule has 1 atom stereocenters. The summed E-state index contributed by atoms with van der Waals surface area (Å²) in [5.74, 6) is -0.0853. The Hall–Kier alpha value is -3.56. The first-order valence-electron chi connectivity index (χ1n) is 13.1. The van der Waals surface area contributed by atoms with Crippen LogP contribution in [0.2, 0.25) is 5.02 Å². The second kappa shape index (κ2) is 14.2. The van der Waals surface area contributed by atoms with E-state index in [0.717, 1.165) is 9.87 Å². The standard InChI is InChI=1S/C30H36ClN3O5S/c1-22(2)20-32-30(36)23(3)33(18-17-24-9-6-5-7-10-24)29(35)21-34(26-12-8-11-25(31)19-26)40(37,38)28-15-13-27(39-4)14-16-28/h5-16,19,22-23H,17-18,20-21H2,1-4H3,(H,32,36)/t23-/m1/s1. The van der Waals surface area contributed by atoms with Crippen molar-refractivity contribution in [3.8, 4) is 5.75 Å². The summed E-state index contributed by atoms with van der Waals surface area (Å²) in [5.41, 5.74) is 1.23. The van der Waals surface area contributed by atoms with Gasteiger partial charge in [0, 0.05) is 18.1 Å². The van der Waals surface area contributed by atoms with Crippen molar-refractivity contribution in [1.29, 1.82) is 0 Å². The molecule has 214 valence electrons. The Morgan fingerprint density at radius 3 is 2.23 bits per heavy atom. The summed E-state index contributed by atoms with van der Waals surface area (Å²) in [5, 5.41) is 3.20. The monoisotopic (exact) mass is 585 g/mol. The van der Waals surface area contributed by atoms with Crippen molar-refractivity contribution in [3.05, 3.63) is 89.4 Å². The molecule has 0 spiro atoms. The number of sulfonamides is 1. The third kappa shape index (κ3) is 8.22. The van der Waals surface area contributed by atoms with Crippen LogP contribution in [-0.2, 0) is 26.0 Å². The molecule has 0 fully saturated rings. The molecule has 3 aromatic carbocycles. The number of hydrogen-bond donors (Lipinski definition) is 1. The molecule has 3 aromatic rings. The molecule has 2 amide bonds. The largest absolute Gasteiger partial charge is 0.497 e. The van der Waals surface area contributed by atoms with Crippen LogP contribution in [0.25, 0.3) is 0 Å². The van der Waals surface area contributed by atoms with Crippen molar-refractivity contribution >= 4 is 39.1 Å². The quantitative estimate of drug-likeness (QED) is 0.312. The zero-order valence-electron chi connectivity index (χ0n) is 23.2. The van der Waals surface area contributed by atoms with E-state index < -0.39 is 28.5 Å². The fraction of sp³-hybridized carbons (Fsp3) is 0.333. The lowest BCUT2D eigenvalue weighted by Crippen LogP contribution is -2.52. The molecular weight excluding hydrogens is 550 g/mol. The predicted molar refractivity (Wildman–Crippen MR) is 158 cm³/mol. The first kappa shape index (κ1) is 31.0. The van der Waals surface area contributed by atoms with E-state index in [1.165, 1.54) is 42.3 Å². The molecule has 10 heteroatoms. The highest BCUT2D eigenvalue weighted by Crippen LogP contribution is 2.27. The van der Waals surface area contributed by atoms with Crippen molar-refractivity contribution in [2.24, 2.45) is 5.92 Å². The van der Waals surface area contributed by atoms with Crippen LogP contribution in [0, 0.1) is 5.92 Å². The topological polar surface area (TPSA) is 96.0 Å². The van der Waals surface area contributed by atoms with E-state index >= 15 is 0 Å². The van der Waals surface area contributed by atoms with E-state index in [-0.39, 0.29) is 29.0 Å². The number of methoxy groups -OCH3 is 1. The first-order chi connectivity index (χ1) is 19.0. The van der Waals surface area contributed by atoms with Crippen molar-refractivity contribution in [2.75, 3.05) is 31.0 Å². The Bertz CT molecular complexity index is 1380. The third-order valence-electron chi connectivity index (χ3n) is 6.36. The van der Waals surface area contributed by atoms with Crippen LogP contribution >= 0.6 is 11.6 Å². The Morgan fingerprint density at radius 1 is 0.950 bits per heavy atom. The summed E-state index contributed by atoms with van der Waals surface area (Å²) in [6.45, 7) is 5.79. The van der Waals surface area contributed by atoms with Gasteiger partial charge in [0.15, 0.2) is 0 Å². The molecule has 0 aliphatic rings. The maximum absolute atomic E-state index is 13.9. The zero-order chi connectivity index (χ0) is 29.3. The van der Waals surface area contributed by atoms with Crippen molar-refractivity contribution in [3.63, 3.8) is 0 Å². The molecule has 0 bridgehead atoms. The minimum Gasteiger partial charge on any atom is -0.497 e. The number of carbonyl (C=O) groups excluding carboxylic acids is 2. The van der Waals surface area contributed by atoms with Gasteiger partial charge >= 0.3 is 0 Å². The smallest absolute Gasteiger partial charge is 0.264 e. The number of anilines is 1. The second-order valence-corrected chi connectivity index (χ2v) is 12.1. The minimum absolute atomic E-state index is 0.0142. The number of nitrogens with one attached hydrogen (secondary N) is 1. The Kier molecular flexibility index (Phi) is 11.0. The van der Waals surface area contributed by atoms with Crippen LogP contribution in [0.15, 0.2) is 83.8 Å². The lowest BCUT2D eigenvalue weighted by atomic mass is 10.1. The van der Waals surface area contributed by atoms with Gasteiger partial charge in [-0.3, -0.25) is 13.9 Å². The molecule has 0 aliphatic carbocycles. The molecule has 40 heavy (non-hydrogen) atoms. The first-order valence-corrected chi connectivity index (χ1v) is 14.9. The van der Waals surface area contributed by atoms with Gasteiger partial charge < -0.3 is 15.0 Å². The molecule has 1 N–H and O–H groups in total. The van der Waals surface area contributed by atoms with Crippen LogP contribution in [0.5, 0.6) is 5.75 Å². The summed E-state index contributed by atoms with van der Waals surface area (Å²) in [7, 11) is -2.70. The molecular formula is C30H36ClN3O5S. The average molecular weight is 586 g/mol. The summed E-state index contributed by atoms with van der Waals surface area (Å²) in [6, 6.07) is 21.0. The van der Waals surface area contributed by atoms with Crippen LogP contribution in [0.4, 0.5) is 5.69 Å². The number of ether oxygens (including phenoxy) is 1. The fourth-order valence-electron chi connectivity index (χ4n) is 4.06. The minimum atomic E-state index is -4.19. The number of carbonyl (C=O) groups is 2. The molecule has 0 radical (unpaired) electrons. The molecule has 0 heterocycles. The number of hydrogen-bond acceptors (Lipinski definition) is 5. The summed E-state index contributed by atoms with van der Waals surface area (Å²) < 4.78 is 33.9. The van der Waals surface area contributed by atoms with Crippen LogP contribution in [-0.4, -0.2) is 57.9 Å². The highest BCUT2D eigenvalue weighted by atomic mass is 35.5. The average Bonchev–Trinajstić information content (AvgIpc) is 2.95. The van der Waals surface area contributed by atoms with Crippen molar-refractivity contribution in [2.45, 2.75) is 38.1 Å². The van der Waals surface area contributed by atoms with Crippen LogP contribution in [0.1, 0.15) is 26.3 Å². The highest BCUT2D eigenvalue weighted by Gasteiger charge is 2.32. The van der Waals surface area contributed by atoms with Gasteiger partial charge in [-0.05, 0) is 67.3 Å². The highest BCUT2D eigenvalue weighted by molar-refractivity contribution is 7.92. The van der Waals surface area contributed by atoms with Crippen LogP contribution < -0.4 is 14.4 Å². The second-order valence-electron chi connectivity index (χ2n) is 9.80. The molecule has 8 nitrogen and oxygen atoms in total. The van der Waals surface area contributed by atoms with Crippen LogP contribution in [0.3, 0.4) is 0 Å².